The first-order chi connectivity index (χ1) is 8.17. The van der Waals surface area contributed by atoms with Crippen molar-refractivity contribution in [1.82, 2.24) is 10.6 Å². The molecule has 1 fully saturated rings. The van der Waals surface area contributed by atoms with Gasteiger partial charge in [-0.25, -0.2) is 0 Å². The Hall–Kier alpha value is -1.06. The largest absolute Gasteiger partial charge is 0.354 e. The Bertz CT molecular complexity index is 266. The minimum atomic E-state index is -0.300. The summed E-state index contributed by atoms with van der Waals surface area (Å²) in [6.07, 6.45) is 5.79. The van der Waals surface area contributed by atoms with Crippen molar-refractivity contribution in [3.05, 3.63) is 0 Å². The normalized spacial score (nSPS) is 21.1. The smallest absolute Gasteiger partial charge is 0.242 e. The van der Waals surface area contributed by atoms with Crippen LogP contribution < -0.4 is 10.6 Å². The molecule has 1 heterocycles. The Kier molecular flexibility index (Phi) is 6.01. The van der Waals surface area contributed by atoms with Crippen LogP contribution >= 0.6 is 0 Å². The van der Waals surface area contributed by atoms with Crippen molar-refractivity contribution in [2.24, 2.45) is 5.92 Å². The molecule has 0 aromatic heterocycles. The summed E-state index contributed by atoms with van der Waals surface area (Å²) >= 11 is 0. The van der Waals surface area contributed by atoms with E-state index in [1.54, 1.807) is 0 Å². The molecule has 4 nitrogen and oxygen atoms in total. The first kappa shape index (κ1) is 14.0. The third-order valence-corrected chi connectivity index (χ3v) is 3.42. The van der Waals surface area contributed by atoms with Crippen LogP contribution in [0.3, 0.4) is 0 Å². The summed E-state index contributed by atoms with van der Waals surface area (Å²) in [5.41, 5.74) is 0. The standard InChI is InChI=1S/C13H24N2O2/c1-3-5-6-10(4-2)9-14-13(17)11-7-8-12(16)15-11/h10-11H,3-9H2,1-2H3,(H,14,17)(H,15,16)/t10-,11-/m1/s1. The zero-order chi connectivity index (χ0) is 12.7. The molecule has 1 saturated heterocycles. The highest BCUT2D eigenvalue weighted by Gasteiger charge is 2.27. The van der Waals surface area contributed by atoms with Gasteiger partial charge in [0.25, 0.3) is 0 Å². The Labute approximate surface area is 104 Å². The third kappa shape index (κ3) is 4.75. The maximum atomic E-state index is 11.8. The van der Waals surface area contributed by atoms with Gasteiger partial charge < -0.3 is 10.6 Å². The summed E-state index contributed by atoms with van der Waals surface area (Å²) in [4.78, 5) is 22.8. The summed E-state index contributed by atoms with van der Waals surface area (Å²) in [6, 6.07) is -0.300. The molecule has 0 saturated carbocycles. The zero-order valence-electron chi connectivity index (χ0n) is 10.9. The molecule has 2 atom stereocenters. The van der Waals surface area contributed by atoms with Gasteiger partial charge in [0, 0.05) is 13.0 Å². The van der Waals surface area contributed by atoms with Gasteiger partial charge >= 0.3 is 0 Å². The maximum absolute atomic E-state index is 11.8. The van der Waals surface area contributed by atoms with Crippen molar-refractivity contribution in [2.45, 2.75) is 58.4 Å². The van der Waals surface area contributed by atoms with Crippen LogP contribution in [0.2, 0.25) is 0 Å². The molecule has 0 aromatic carbocycles. The highest BCUT2D eigenvalue weighted by atomic mass is 16.2. The second-order valence-electron chi connectivity index (χ2n) is 4.82. The molecule has 98 valence electrons. The number of nitrogens with one attached hydrogen (secondary N) is 2. The number of hydrogen-bond donors (Lipinski definition) is 2. The first-order valence-electron chi connectivity index (χ1n) is 6.74. The molecule has 1 rings (SSSR count). The minimum absolute atomic E-state index is 0.0109. The molecule has 2 N–H and O–H groups in total. The Balaban J connectivity index is 2.23. The monoisotopic (exact) mass is 240 g/mol. The molecule has 17 heavy (non-hydrogen) atoms. The van der Waals surface area contributed by atoms with Crippen LogP contribution in [-0.2, 0) is 9.59 Å². The lowest BCUT2D eigenvalue weighted by molar-refractivity contribution is -0.125. The lowest BCUT2D eigenvalue weighted by Gasteiger charge is -2.17. The van der Waals surface area contributed by atoms with Crippen molar-refractivity contribution >= 4 is 11.8 Å². The second kappa shape index (κ2) is 7.30. The third-order valence-electron chi connectivity index (χ3n) is 3.42. The van der Waals surface area contributed by atoms with Gasteiger partial charge in [-0.15, -0.1) is 0 Å². The molecule has 2 amide bonds. The van der Waals surface area contributed by atoms with E-state index in [1.165, 1.54) is 19.3 Å². The van der Waals surface area contributed by atoms with E-state index >= 15 is 0 Å². The fourth-order valence-electron chi connectivity index (χ4n) is 2.12. The SMILES string of the molecule is CCCC[C@@H](CC)CNC(=O)[C@H]1CCC(=O)N1. The molecule has 0 bridgehead atoms. The van der Waals surface area contributed by atoms with Gasteiger partial charge in [-0.3, -0.25) is 9.59 Å². The van der Waals surface area contributed by atoms with Crippen molar-refractivity contribution in [1.29, 1.82) is 0 Å². The van der Waals surface area contributed by atoms with Crippen LogP contribution in [0.5, 0.6) is 0 Å². The topological polar surface area (TPSA) is 58.2 Å². The van der Waals surface area contributed by atoms with Gasteiger partial charge in [0.1, 0.15) is 6.04 Å². The van der Waals surface area contributed by atoms with Crippen molar-refractivity contribution in [3.63, 3.8) is 0 Å². The Morgan fingerprint density at radius 2 is 2.29 bits per heavy atom. The summed E-state index contributed by atoms with van der Waals surface area (Å²) in [7, 11) is 0. The van der Waals surface area contributed by atoms with Crippen molar-refractivity contribution < 1.29 is 9.59 Å². The highest BCUT2D eigenvalue weighted by Crippen LogP contribution is 2.12. The van der Waals surface area contributed by atoms with Crippen LogP contribution in [0.15, 0.2) is 0 Å². The van der Waals surface area contributed by atoms with Gasteiger partial charge in [-0.1, -0.05) is 33.1 Å². The van der Waals surface area contributed by atoms with Crippen LogP contribution in [0.1, 0.15) is 52.4 Å². The molecule has 4 heteroatoms. The van der Waals surface area contributed by atoms with Crippen LogP contribution in [0.4, 0.5) is 0 Å². The van der Waals surface area contributed by atoms with Gasteiger partial charge in [0.2, 0.25) is 11.8 Å². The molecule has 0 aliphatic carbocycles. The number of carbonyl (C=O) groups excluding carboxylic acids is 2. The number of unbranched alkanes of at least 4 members (excludes halogenated alkanes) is 1. The van der Waals surface area contributed by atoms with Gasteiger partial charge in [0.05, 0.1) is 0 Å². The fraction of sp³-hybridized carbons (Fsp3) is 0.846. The first-order valence-corrected chi connectivity index (χ1v) is 6.74. The van der Waals surface area contributed by atoms with Crippen molar-refractivity contribution in [2.75, 3.05) is 6.54 Å². The second-order valence-corrected chi connectivity index (χ2v) is 4.82. The predicted molar refractivity (Wildman–Crippen MR) is 67.5 cm³/mol. The summed E-state index contributed by atoms with van der Waals surface area (Å²) in [5, 5.41) is 5.64. The molecule has 0 spiro atoms. The number of hydrogen-bond acceptors (Lipinski definition) is 2. The summed E-state index contributed by atoms with van der Waals surface area (Å²) in [6.45, 7) is 5.07. The molecular formula is C13H24N2O2. The molecule has 1 aliphatic heterocycles. The Morgan fingerprint density at radius 1 is 1.53 bits per heavy atom. The lowest BCUT2D eigenvalue weighted by atomic mass is 9.99. The van der Waals surface area contributed by atoms with Crippen LogP contribution in [0.25, 0.3) is 0 Å². The van der Waals surface area contributed by atoms with E-state index in [0.717, 1.165) is 13.0 Å². The number of carbonyl (C=O) groups is 2. The quantitative estimate of drug-likeness (QED) is 0.710. The highest BCUT2D eigenvalue weighted by molar-refractivity contribution is 5.90. The molecule has 0 radical (unpaired) electrons. The minimum Gasteiger partial charge on any atom is -0.354 e. The van der Waals surface area contributed by atoms with Crippen molar-refractivity contribution in [3.8, 4) is 0 Å². The molecular weight excluding hydrogens is 216 g/mol. The van der Waals surface area contributed by atoms with Gasteiger partial charge in [-0.2, -0.15) is 0 Å². The van der Waals surface area contributed by atoms with Gasteiger partial charge in [0.15, 0.2) is 0 Å². The predicted octanol–water partition coefficient (Wildman–Crippen LogP) is 1.60. The van der Waals surface area contributed by atoms with Gasteiger partial charge in [-0.05, 0) is 18.8 Å². The van der Waals surface area contributed by atoms with Crippen LogP contribution in [0, 0.1) is 5.92 Å². The van der Waals surface area contributed by atoms with E-state index in [0.29, 0.717) is 18.8 Å². The average molecular weight is 240 g/mol. The summed E-state index contributed by atoms with van der Waals surface area (Å²) in [5.74, 6) is 0.532. The number of amides is 2. The van der Waals surface area contributed by atoms with E-state index in [1.807, 2.05) is 0 Å². The summed E-state index contributed by atoms with van der Waals surface area (Å²) < 4.78 is 0. The van der Waals surface area contributed by atoms with Crippen LogP contribution in [-0.4, -0.2) is 24.4 Å². The molecule has 0 aromatic rings. The van der Waals surface area contributed by atoms with E-state index in [4.69, 9.17) is 0 Å². The van der Waals surface area contributed by atoms with E-state index in [2.05, 4.69) is 24.5 Å². The average Bonchev–Trinajstić information content (AvgIpc) is 2.76. The lowest BCUT2D eigenvalue weighted by Crippen LogP contribution is -2.43. The zero-order valence-corrected chi connectivity index (χ0v) is 10.9. The molecule has 1 aliphatic rings. The number of rotatable bonds is 7. The fourth-order valence-corrected chi connectivity index (χ4v) is 2.12. The van der Waals surface area contributed by atoms with E-state index in [-0.39, 0.29) is 17.9 Å². The maximum Gasteiger partial charge on any atom is 0.242 e. The van der Waals surface area contributed by atoms with E-state index in [9.17, 15) is 9.59 Å². The van der Waals surface area contributed by atoms with E-state index < -0.39 is 0 Å². The molecule has 0 unspecified atom stereocenters. The Morgan fingerprint density at radius 3 is 2.82 bits per heavy atom.